The van der Waals surface area contributed by atoms with Gasteiger partial charge < -0.3 is 10.6 Å². The predicted molar refractivity (Wildman–Crippen MR) is 83.4 cm³/mol. The van der Waals surface area contributed by atoms with Crippen LogP contribution in [0.2, 0.25) is 0 Å². The van der Waals surface area contributed by atoms with E-state index in [4.69, 9.17) is 5.73 Å². The predicted octanol–water partition coefficient (Wildman–Crippen LogP) is 1.36. The second kappa shape index (κ2) is 6.27. The number of anilines is 1. The molecule has 116 valence electrons. The van der Waals surface area contributed by atoms with E-state index in [0.29, 0.717) is 19.0 Å². The Morgan fingerprint density at radius 1 is 1.32 bits per heavy atom. The van der Waals surface area contributed by atoms with Crippen molar-refractivity contribution in [1.82, 2.24) is 9.55 Å². The van der Waals surface area contributed by atoms with Gasteiger partial charge in [0.25, 0.3) is 5.56 Å². The summed E-state index contributed by atoms with van der Waals surface area (Å²) in [7, 11) is 0. The van der Waals surface area contributed by atoms with Crippen molar-refractivity contribution in [2.45, 2.75) is 25.4 Å². The van der Waals surface area contributed by atoms with Gasteiger partial charge in [-0.15, -0.1) is 0 Å². The van der Waals surface area contributed by atoms with E-state index in [9.17, 15) is 9.18 Å². The van der Waals surface area contributed by atoms with Gasteiger partial charge in [0.15, 0.2) is 0 Å². The van der Waals surface area contributed by atoms with Crippen LogP contribution in [-0.4, -0.2) is 28.7 Å². The lowest BCUT2D eigenvalue weighted by atomic mass is 10.1. The van der Waals surface area contributed by atoms with Gasteiger partial charge in [-0.3, -0.25) is 9.36 Å². The van der Waals surface area contributed by atoms with Gasteiger partial charge in [-0.1, -0.05) is 30.3 Å². The lowest BCUT2D eigenvalue weighted by Gasteiger charge is -2.32. The molecule has 1 aliphatic heterocycles. The molecule has 5 nitrogen and oxygen atoms in total. The average molecular weight is 302 g/mol. The zero-order valence-corrected chi connectivity index (χ0v) is 12.3. The Morgan fingerprint density at radius 3 is 2.82 bits per heavy atom. The molecule has 3 rings (SSSR count). The summed E-state index contributed by atoms with van der Waals surface area (Å²) in [6.07, 6.45) is 2.90. The largest absolute Gasteiger partial charge is 0.341 e. The molecule has 1 aromatic carbocycles. The maximum atomic E-state index is 13.7. The van der Waals surface area contributed by atoms with Crippen molar-refractivity contribution in [2.24, 2.45) is 5.73 Å². The molecule has 22 heavy (non-hydrogen) atoms. The summed E-state index contributed by atoms with van der Waals surface area (Å²) in [6, 6.07) is 9.56. The van der Waals surface area contributed by atoms with Crippen LogP contribution in [-0.2, 0) is 6.54 Å². The van der Waals surface area contributed by atoms with Gasteiger partial charge in [-0.05, 0) is 18.4 Å². The van der Waals surface area contributed by atoms with E-state index in [1.54, 1.807) is 0 Å². The van der Waals surface area contributed by atoms with Crippen molar-refractivity contribution in [1.29, 1.82) is 0 Å². The van der Waals surface area contributed by atoms with Crippen LogP contribution in [0.3, 0.4) is 0 Å². The van der Waals surface area contributed by atoms with Crippen LogP contribution in [0, 0.1) is 5.82 Å². The zero-order chi connectivity index (χ0) is 15.5. The first-order chi connectivity index (χ1) is 10.6. The molecule has 0 saturated carbocycles. The molecule has 2 aromatic rings. The van der Waals surface area contributed by atoms with E-state index in [1.165, 1.54) is 4.57 Å². The van der Waals surface area contributed by atoms with Crippen LogP contribution in [0.25, 0.3) is 0 Å². The SMILES string of the molecule is N[C@@H]1CCCN(c2ncc(F)c(=O)n2Cc2ccccc2)C1. The summed E-state index contributed by atoms with van der Waals surface area (Å²) >= 11 is 0. The molecule has 0 bridgehead atoms. The minimum absolute atomic E-state index is 0.0564. The van der Waals surface area contributed by atoms with Gasteiger partial charge in [0.2, 0.25) is 11.8 Å². The number of nitrogens with two attached hydrogens (primary N) is 1. The van der Waals surface area contributed by atoms with E-state index in [1.807, 2.05) is 35.2 Å². The Morgan fingerprint density at radius 2 is 2.09 bits per heavy atom. The quantitative estimate of drug-likeness (QED) is 0.930. The van der Waals surface area contributed by atoms with Crippen molar-refractivity contribution in [3.63, 3.8) is 0 Å². The lowest BCUT2D eigenvalue weighted by Crippen LogP contribution is -2.45. The Labute approximate surface area is 128 Å². The van der Waals surface area contributed by atoms with E-state index in [-0.39, 0.29) is 6.04 Å². The summed E-state index contributed by atoms with van der Waals surface area (Å²) in [5, 5.41) is 0. The van der Waals surface area contributed by atoms with Crippen LogP contribution in [0.1, 0.15) is 18.4 Å². The Balaban J connectivity index is 1.99. The third-order valence-electron chi connectivity index (χ3n) is 3.91. The monoisotopic (exact) mass is 302 g/mol. The normalized spacial score (nSPS) is 18.5. The third-order valence-corrected chi connectivity index (χ3v) is 3.91. The molecular weight excluding hydrogens is 283 g/mol. The summed E-state index contributed by atoms with van der Waals surface area (Å²) in [4.78, 5) is 18.3. The van der Waals surface area contributed by atoms with Gasteiger partial charge in [0, 0.05) is 19.1 Å². The number of aromatic nitrogens is 2. The van der Waals surface area contributed by atoms with Crippen LogP contribution in [0.15, 0.2) is 41.3 Å². The summed E-state index contributed by atoms with van der Waals surface area (Å²) < 4.78 is 15.1. The number of hydrogen-bond acceptors (Lipinski definition) is 4. The number of benzene rings is 1. The summed E-state index contributed by atoms with van der Waals surface area (Å²) in [5.74, 6) is -0.341. The fourth-order valence-electron chi connectivity index (χ4n) is 2.81. The van der Waals surface area contributed by atoms with Gasteiger partial charge in [-0.2, -0.15) is 4.39 Å². The minimum Gasteiger partial charge on any atom is -0.341 e. The molecule has 1 saturated heterocycles. The highest BCUT2D eigenvalue weighted by atomic mass is 19.1. The molecule has 2 N–H and O–H groups in total. The molecule has 1 aromatic heterocycles. The standard InChI is InChI=1S/C16H19FN4O/c17-14-9-19-16(20-8-4-7-13(18)11-20)21(15(14)22)10-12-5-2-1-3-6-12/h1-3,5-6,9,13H,4,7-8,10-11,18H2/t13-/m1/s1. The van der Waals surface area contributed by atoms with Crippen molar-refractivity contribution >= 4 is 5.95 Å². The number of nitrogens with zero attached hydrogens (tertiary/aromatic N) is 3. The van der Waals surface area contributed by atoms with E-state index < -0.39 is 11.4 Å². The van der Waals surface area contributed by atoms with E-state index in [2.05, 4.69) is 4.98 Å². The fraction of sp³-hybridized carbons (Fsp3) is 0.375. The molecular formula is C16H19FN4O. The first-order valence-corrected chi connectivity index (χ1v) is 7.45. The van der Waals surface area contributed by atoms with Crippen LogP contribution in [0.5, 0.6) is 0 Å². The van der Waals surface area contributed by atoms with E-state index in [0.717, 1.165) is 31.1 Å². The highest BCUT2D eigenvalue weighted by Crippen LogP contribution is 2.17. The lowest BCUT2D eigenvalue weighted by molar-refractivity contribution is 0.484. The molecule has 0 amide bonds. The van der Waals surface area contributed by atoms with E-state index >= 15 is 0 Å². The number of rotatable bonds is 3. The number of halogens is 1. The third kappa shape index (κ3) is 3.01. The van der Waals surface area contributed by atoms with Gasteiger partial charge >= 0.3 is 0 Å². The summed E-state index contributed by atoms with van der Waals surface area (Å²) in [5.41, 5.74) is 6.29. The number of hydrogen-bond donors (Lipinski definition) is 1. The highest BCUT2D eigenvalue weighted by molar-refractivity contribution is 5.33. The second-order valence-corrected chi connectivity index (χ2v) is 5.63. The Hall–Kier alpha value is -2.21. The molecule has 0 radical (unpaired) electrons. The van der Waals surface area contributed by atoms with Crippen LogP contribution < -0.4 is 16.2 Å². The fourth-order valence-corrected chi connectivity index (χ4v) is 2.81. The number of piperidine rings is 1. The molecule has 2 heterocycles. The molecule has 0 aliphatic carbocycles. The first kappa shape index (κ1) is 14.7. The van der Waals surface area contributed by atoms with Gasteiger partial charge in [0.1, 0.15) is 0 Å². The Bertz CT molecular complexity index is 701. The minimum atomic E-state index is -0.832. The van der Waals surface area contributed by atoms with Crippen molar-refractivity contribution in [3.8, 4) is 0 Å². The topological polar surface area (TPSA) is 64.2 Å². The molecule has 0 spiro atoms. The zero-order valence-electron chi connectivity index (χ0n) is 12.3. The molecule has 1 atom stereocenters. The van der Waals surface area contributed by atoms with Crippen LogP contribution in [0.4, 0.5) is 10.3 Å². The molecule has 1 fully saturated rings. The van der Waals surface area contributed by atoms with Crippen LogP contribution >= 0.6 is 0 Å². The average Bonchev–Trinajstić information content (AvgIpc) is 2.53. The van der Waals surface area contributed by atoms with Gasteiger partial charge in [0.05, 0.1) is 12.7 Å². The van der Waals surface area contributed by atoms with Crippen molar-refractivity contribution in [3.05, 3.63) is 58.3 Å². The molecule has 1 aliphatic rings. The Kier molecular flexibility index (Phi) is 4.20. The maximum Gasteiger partial charge on any atom is 0.291 e. The smallest absolute Gasteiger partial charge is 0.291 e. The second-order valence-electron chi connectivity index (χ2n) is 5.63. The van der Waals surface area contributed by atoms with Crippen molar-refractivity contribution < 1.29 is 4.39 Å². The maximum absolute atomic E-state index is 13.7. The molecule has 6 heteroatoms. The summed E-state index contributed by atoms with van der Waals surface area (Å²) in [6.45, 7) is 1.71. The van der Waals surface area contributed by atoms with Gasteiger partial charge in [-0.25, -0.2) is 4.98 Å². The molecule has 0 unspecified atom stereocenters. The van der Waals surface area contributed by atoms with Crippen molar-refractivity contribution in [2.75, 3.05) is 18.0 Å². The highest BCUT2D eigenvalue weighted by Gasteiger charge is 2.22. The first-order valence-electron chi connectivity index (χ1n) is 7.45.